The van der Waals surface area contributed by atoms with Gasteiger partial charge in [-0.1, -0.05) is 12.1 Å². The minimum absolute atomic E-state index is 0.0721. The second kappa shape index (κ2) is 6.54. The van der Waals surface area contributed by atoms with Crippen LogP contribution in [0.5, 0.6) is 0 Å². The molecule has 3 N–H and O–H groups in total. The number of anilines is 1. The minimum Gasteiger partial charge on any atom is -0.359 e. The first-order valence-electron chi connectivity index (χ1n) is 7.44. The molecule has 0 aliphatic heterocycles. The minimum atomic E-state index is -0.347. The molecule has 0 atom stereocenters. The first kappa shape index (κ1) is 15.7. The molecule has 0 saturated carbocycles. The summed E-state index contributed by atoms with van der Waals surface area (Å²) in [6.07, 6.45) is 0.290. The number of halogens is 1. The van der Waals surface area contributed by atoms with E-state index in [-0.39, 0.29) is 24.1 Å². The Bertz CT molecular complexity index is 900. The van der Waals surface area contributed by atoms with Gasteiger partial charge in [0.1, 0.15) is 11.5 Å². The van der Waals surface area contributed by atoms with Crippen LogP contribution in [0, 0.1) is 5.82 Å². The van der Waals surface area contributed by atoms with Crippen LogP contribution in [0.4, 0.5) is 10.1 Å². The van der Waals surface area contributed by atoms with E-state index in [1.165, 1.54) is 12.1 Å². The average molecular weight is 325 g/mol. The Morgan fingerprint density at radius 3 is 2.54 bits per heavy atom. The monoisotopic (exact) mass is 325 g/mol. The fourth-order valence-electron chi connectivity index (χ4n) is 2.40. The number of aromatic amines is 1. The number of likely N-dealkylation sites (N-methyl/N-ethyl adjacent to an activating group) is 1. The van der Waals surface area contributed by atoms with E-state index in [4.69, 9.17) is 0 Å². The lowest BCUT2D eigenvalue weighted by molar-refractivity contribution is -0.119. The molecule has 2 amide bonds. The Morgan fingerprint density at radius 1 is 1.08 bits per heavy atom. The van der Waals surface area contributed by atoms with Gasteiger partial charge < -0.3 is 15.6 Å². The first-order chi connectivity index (χ1) is 11.5. The molecule has 0 aliphatic carbocycles. The zero-order chi connectivity index (χ0) is 17.1. The summed E-state index contributed by atoms with van der Waals surface area (Å²) in [4.78, 5) is 26.6. The molecule has 0 fully saturated rings. The van der Waals surface area contributed by atoms with Crippen molar-refractivity contribution in [2.45, 2.75) is 6.42 Å². The SMILES string of the molecule is CNC(=O)Cc1ccc(NC(=O)c2cc3cc(F)ccc3[nH]2)cc1. The maximum absolute atomic E-state index is 13.2. The number of H-pyrrole nitrogens is 1. The molecule has 24 heavy (non-hydrogen) atoms. The molecule has 5 nitrogen and oxygen atoms in total. The van der Waals surface area contributed by atoms with Crippen molar-refractivity contribution < 1.29 is 14.0 Å². The van der Waals surface area contributed by atoms with Crippen molar-refractivity contribution in [1.29, 1.82) is 0 Å². The second-order valence-electron chi connectivity index (χ2n) is 5.42. The molecule has 0 bridgehead atoms. The van der Waals surface area contributed by atoms with E-state index in [9.17, 15) is 14.0 Å². The van der Waals surface area contributed by atoms with Gasteiger partial charge in [0.25, 0.3) is 5.91 Å². The van der Waals surface area contributed by atoms with Crippen LogP contribution in [-0.4, -0.2) is 23.8 Å². The fourth-order valence-corrected chi connectivity index (χ4v) is 2.40. The number of carbonyl (C=O) groups is 2. The number of hydrogen-bond donors (Lipinski definition) is 3. The van der Waals surface area contributed by atoms with Gasteiger partial charge in [0, 0.05) is 23.6 Å². The third kappa shape index (κ3) is 3.43. The van der Waals surface area contributed by atoms with Gasteiger partial charge in [0.2, 0.25) is 5.91 Å². The Hall–Kier alpha value is -3.15. The van der Waals surface area contributed by atoms with E-state index >= 15 is 0 Å². The molecular weight excluding hydrogens is 309 g/mol. The van der Waals surface area contributed by atoms with Gasteiger partial charge >= 0.3 is 0 Å². The van der Waals surface area contributed by atoms with Gasteiger partial charge in [-0.25, -0.2) is 4.39 Å². The summed E-state index contributed by atoms with van der Waals surface area (Å²) in [5, 5.41) is 5.96. The summed E-state index contributed by atoms with van der Waals surface area (Å²) in [5.74, 6) is -0.733. The predicted molar refractivity (Wildman–Crippen MR) is 90.4 cm³/mol. The highest BCUT2D eigenvalue weighted by Gasteiger charge is 2.10. The van der Waals surface area contributed by atoms with Gasteiger partial charge in [-0.3, -0.25) is 9.59 Å². The van der Waals surface area contributed by atoms with E-state index in [1.807, 2.05) is 0 Å². The second-order valence-corrected chi connectivity index (χ2v) is 5.42. The van der Waals surface area contributed by atoms with E-state index < -0.39 is 0 Å². The van der Waals surface area contributed by atoms with Crippen LogP contribution in [0.2, 0.25) is 0 Å². The number of benzene rings is 2. The van der Waals surface area contributed by atoms with Gasteiger partial charge in [0.15, 0.2) is 0 Å². The lowest BCUT2D eigenvalue weighted by Gasteiger charge is -2.05. The summed E-state index contributed by atoms with van der Waals surface area (Å²) in [6.45, 7) is 0. The maximum Gasteiger partial charge on any atom is 0.272 e. The van der Waals surface area contributed by atoms with Gasteiger partial charge in [-0.05, 0) is 42.0 Å². The molecule has 0 aliphatic rings. The molecule has 0 spiro atoms. The van der Waals surface area contributed by atoms with Crippen molar-refractivity contribution in [2.75, 3.05) is 12.4 Å². The molecule has 3 aromatic rings. The Kier molecular flexibility index (Phi) is 4.29. The van der Waals surface area contributed by atoms with Crippen molar-refractivity contribution in [3.05, 3.63) is 65.6 Å². The molecular formula is C18H16FN3O2. The molecule has 1 heterocycles. The lowest BCUT2D eigenvalue weighted by Crippen LogP contribution is -2.19. The normalized spacial score (nSPS) is 10.6. The van der Waals surface area contributed by atoms with Crippen molar-refractivity contribution >= 4 is 28.4 Å². The predicted octanol–water partition coefficient (Wildman–Crippen LogP) is 2.85. The number of rotatable bonds is 4. The van der Waals surface area contributed by atoms with Crippen LogP contribution < -0.4 is 10.6 Å². The van der Waals surface area contributed by atoms with E-state index in [2.05, 4.69) is 15.6 Å². The summed E-state index contributed by atoms with van der Waals surface area (Å²) in [5.41, 5.74) is 2.52. The number of amides is 2. The highest BCUT2D eigenvalue weighted by molar-refractivity contribution is 6.05. The average Bonchev–Trinajstić information content (AvgIpc) is 2.99. The highest BCUT2D eigenvalue weighted by Crippen LogP contribution is 2.18. The van der Waals surface area contributed by atoms with E-state index in [0.29, 0.717) is 22.3 Å². The summed E-state index contributed by atoms with van der Waals surface area (Å²) in [7, 11) is 1.59. The number of fused-ring (bicyclic) bond motifs is 1. The van der Waals surface area contributed by atoms with E-state index in [0.717, 1.165) is 5.56 Å². The van der Waals surface area contributed by atoms with Crippen molar-refractivity contribution in [3.63, 3.8) is 0 Å². The number of aromatic nitrogens is 1. The molecule has 122 valence electrons. The van der Waals surface area contributed by atoms with Crippen LogP contribution >= 0.6 is 0 Å². The summed E-state index contributed by atoms with van der Waals surface area (Å²) in [6, 6.07) is 12.9. The Morgan fingerprint density at radius 2 is 1.83 bits per heavy atom. The smallest absolute Gasteiger partial charge is 0.272 e. The van der Waals surface area contributed by atoms with Crippen molar-refractivity contribution in [3.8, 4) is 0 Å². The molecule has 0 radical (unpaired) electrons. The Labute approximate surface area is 137 Å². The largest absolute Gasteiger partial charge is 0.359 e. The van der Waals surface area contributed by atoms with Crippen molar-refractivity contribution in [2.24, 2.45) is 0 Å². The highest BCUT2D eigenvalue weighted by atomic mass is 19.1. The van der Waals surface area contributed by atoms with Crippen molar-refractivity contribution in [1.82, 2.24) is 10.3 Å². The van der Waals surface area contributed by atoms with Crippen LogP contribution in [0.1, 0.15) is 16.1 Å². The topological polar surface area (TPSA) is 74.0 Å². The van der Waals surface area contributed by atoms with Crippen LogP contribution in [0.3, 0.4) is 0 Å². The molecule has 2 aromatic carbocycles. The first-order valence-corrected chi connectivity index (χ1v) is 7.44. The molecule has 1 aromatic heterocycles. The maximum atomic E-state index is 13.2. The molecule has 0 saturated heterocycles. The number of nitrogens with one attached hydrogen (secondary N) is 3. The van der Waals surface area contributed by atoms with E-state index in [1.54, 1.807) is 43.4 Å². The van der Waals surface area contributed by atoms with Crippen LogP contribution in [0.15, 0.2) is 48.5 Å². The summed E-state index contributed by atoms with van der Waals surface area (Å²) >= 11 is 0. The van der Waals surface area contributed by atoms with Gasteiger partial charge in [-0.15, -0.1) is 0 Å². The van der Waals surface area contributed by atoms with Gasteiger partial charge in [-0.2, -0.15) is 0 Å². The number of carbonyl (C=O) groups excluding carboxylic acids is 2. The number of hydrogen-bond acceptors (Lipinski definition) is 2. The van der Waals surface area contributed by atoms with Crippen LogP contribution in [0.25, 0.3) is 10.9 Å². The zero-order valence-corrected chi connectivity index (χ0v) is 13.0. The molecule has 3 rings (SSSR count). The van der Waals surface area contributed by atoms with Crippen LogP contribution in [-0.2, 0) is 11.2 Å². The third-order valence-electron chi connectivity index (χ3n) is 3.68. The standard InChI is InChI=1S/C18H16FN3O2/c1-20-17(23)8-11-2-5-14(6-3-11)21-18(24)16-10-12-9-13(19)4-7-15(12)22-16/h2-7,9-10,22H,8H2,1H3,(H,20,23)(H,21,24). The lowest BCUT2D eigenvalue weighted by atomic mass is 10.1. The van der Waals surface area contributed by atoms with Gasteiger partial charge in [0.05, 0.1) is 6.42 Å². The molecule has 0 unspecified atom stereocenters. The Balaban J connectivity index is 1.72. The summed E-state index contributed by atoms with van der Waals surface area (Å²) < 4.78 is 13.2. The quantitative estimate of drug-likeness (QED) is 0.690. The molecule has 6 heteroatoms. The fraction of sp³-hybridized carbons (Fsp3) is 0.111. The third-order valence-corrected chi connectivity index (χ3v) is 3.68. The zero-order valence-electron chi connectivity index (χ0n) is 13.0.